The van der Waals surface area contributed by atoms with Crippen molar-refractivity contribution in [3.05, 3.63) is 60.2 Å². The summed E-state index contributed by atoms with van der Waals surface area (Å²) in [6.45, 7) is 4.52. The van der Waals surface area contributed by atoms with Crippen molar-refractivity contribution in [3.8, 4) is 11.1 Å². The van der Waals surface area contributed by atoms with Gasteiger partial charge in [0.05, 0.1) is 11.9 Å². The standard InChI is InChI=1S/C20H25NO3S/c1-15(2)25(22,23)21-20-12-13-24-14-19(20)18-10-8-17(9-11-18)16-6-4-3-5-7-16/h3-11,15,19-21H,12-14H2,1-2H3/t19-,20-/m1/s1. The summed E-state index contributed by atoms with van der Waals surface area (Å²) in [6.07, 6.45) is 0.692. The van der Waals surface area contributed by atoms with Crippen LogP contribution in [0.4, 0.5) is 0 Å². The maximum atomic E-state index is 12.3. The quantitative estimate of drug-likeness (QED) is 0.888. The second-order valence-electron chi connectivity index (χ2n) is 6.78. The van der Waals surface area contributed by atoms with Gasteiger partial charge in [0, 0.05) is 18.6 Å². The molecule has 0 bridgehead atoms. The van der Waals surface area contributed by atoms with Gasteiger partial charge in [-0.1, -0.05) is 54.6 Å². The highest BCUT2D eigenvalue weighted by atomic mass is 32.2. The van der Waals surface area contributed by atoms with Crippen LogP contribution < -0.4 is 4.72 Å². The van der Waals surface area contributed by atoms with E-state index in [4.69, 9.17) is 4.74 Å². The summed E-state index contributed by atoms with van der Waals surface area (Å²) in [7, 11) is -3.30. The Hall–Kier alpha value is -1.69. The maximum Gasteiger partial charge on any atom is 0.214 e. The van der Waals surface area contributed by atoms with Gasteiger partial charge in [0.1, 0.15) is 0 Å². The van der Waals surface area contributed by atoms with E-state index in [0.29, 0.717) is 19.6 Å². The van der Waals surface area contributed by atoms with Crippen molar-refractivity contribution in [2.45, 2.75) is 37.5 Å². The second kappa shape index (κ2) is 7.68. The van der Waals surface area contributed by atoms with Crippen LogP contribution in [-0.2, 0) is 14.8 Å². The van der Waals surface area contributed by atoms with Gasteiger partial charge in [-0.05, 0) is 37.0 Å². The molecular weight excluding hydrogens is 334 g/mol. The van der Waals surface area contributed by atoms with E-state index in [-0.39, 0.29) is 12.0 Å². The third kappa shape index (κ3) is 4.29. The highest BCUT2D eigenvalue weighted by Gasteiger charge is 2.31. The maximum absolute atomic E-state index is 12.3. The monoisotopic (exact) mass is 359 g/mol. The van der Waals surface area contributed by atoms with Gasteiger partial charge in [-0.15, -0.1) is 0 Å². The Morgan fingerprint density at radius 2 is 1.64 bits per heavy atom. The molecule has 25 heavy (non-hydrogen) atoms. The first-order valence-electron chi connectivity index (χ1n) is 8.71. The topological polar surface area (TPSA) is 55.4 Å². The molecule has 4 nitrogen and oxygen atoms in total. The molecule has 0 aliphatic carbocycles. The van der Waals surface area contributed by atoms with Crippen molar-refractivity contribution in [2.75, 3.05) is 13.2 Å². The summed E-state index contributed by atoms with van der Waals surface area (Å²) in [5.74, 6) is 0.0344. The molecule has 0 unspecified atom stereocenters. The number of nitrogens with one attached hydrogen (secondary N) is 1. The molecule has 0 radical (unpaired) electrons. The highest BCUT2D eigenvalue weighted by molar-refractivity contribution is 7.90. The Balaban J connectivity index is 1.81. The molecule has 1 aliphatic rings. The molecule has 1 heterocycles. The van der Waals surface area contributed by atoms with E-state index < -0.39 is 15.3 Å². The number of benzene rings is 2. The third-order valence-corrected chi connectivity index (χ3v) is 6.61. The molecule has 0 spiro atoms. The fourth-order valence-corrected chi connectivity index (χ4v) is 4.08. The van der Waals surface area contributed by atoms with Crippen molar-refractivity contribution in [1.29, 1.82) is 0 Å². The summed E-state index contributed by atoms with van der Waals surface area (Å²) in [5, 5.41) is -0.434. The largest absolute Gasteiger partial charge is 0.381 e. The van der Waals surface area contributed by atoms with Gasteiger partial charge in [0.2, 0.25) is 10.0 Å². The molecule has 2 aromatic carbocycles. The van der Waals surface area contributed by atoms with Crippen molar-refractivity contribution in [2.24, 2.45) is 0 Å². The smallest absolute Gasteiger partial charge is 0.214 e. The van der Waals surface area contributed by atoms with Crippen LogP contribution in [0.2, 0.25) is 0 Å². The Morgan fingerprint density at radius 1 is 1.00 bits per heavy atom. The minimum atomic E-state index is -3.30. The lowest BCUT2D eigenvalue weighted by molar-refractivity contribution is 0.0653. The van der Waals surface area contributed by atoms with E-state index in [1.165, 1.54) is 5.56 Å². The average Bonchev–Trinajstić information content (AvgIpc) is 2.63. The molecule has 134 valence electrons. The number of sulfonamides is 1. The van der Waals surface area contributed by atoms with Crippen molar-refractivity contribution < 1.29 is 13.2 Å². The fourth-order valence-electron chi connectivity index (χ4n) is 3.11. The zero-order valence-corrected chi connectivity index (χ0v) is 15.5. The molecule has 2 aromatic rings. The van der Waals surface area contributed by atoms with Crippen LogP contribution >= 0.6 is 0 Å². The molecule has 1 fully saturated rings. The van der Waals surface area contributed by atoms with Crippen LogP contribution in [0.3, 0.4) is 0 Å². The van der Waals surface area contributed by atoms with E-state index in [0.717, 1.165) is 11.1 Å². The summed E-state index contributed by atoms with van der Waals surface area (Å²) in [5.41, 5.74) is 3.43. The lowest BCUT2D eigenvalue weighted by Crippen LogP contribution is -2.46. The number of ether oxygens (including phenoxy) is 1. The predicted octanol–water partition coefficient (Wildman–Crippen LogP) is 3.55. The Bertz CT molecular complexity index is 785. The van der Waals surface area contributed by atoms with Gasteiger partial charge in [-0.2, -0.15) is 0 Å². The van der Waals surface area contributed by atoms with Crippen LogP contribution in [0.1, 0.15) is 31.7 Å². The minimum absolute atomic E-state index is 0.0344. The normalized spacial score (nSPS) is 21.4. The van der Waals surface area contributed by atoms with Crippen LogP contribution in [0, 0.1) is 0 Å². The molecule has 1 N–H and O–H groups in total. The summed E-state index contributed by atoms with van der Waals surface area (Å²) in [6, 6.07) is 18.4. The second-order valence-corrected chi connectivity index (χ2v) is 9.04. The van der Waals surface area contributed by atoms with Crippen LogP contribution in [-0.4, -0.2) is 32.9 Å². The number of rotatable bonds is 5. The fraction of sp³-hybridized carbons (Fsp3) is 0.400. The molecule has 0 aromatic heterocycles. The first-order valence-corrected chi connectivity index (χ1v) is 10.3. The molecule has 5 heteroatoms. The number of hydrogen-bond acceptors (Lipinski definition) is 3. The van der Waals surface area contributed by atoms with Crippen LogP contribution in [0.15, 0.2) is 54.6 Å². The Labute approximate surface area is 150 Å². The molecule has 1 aliphatic heterocycles. The zero-order valence-electron chi connectivity index (χ0n) is 14.7. The average molecular weight is 359 g/mol. The molecule has 2 atom stereocenters. The minimum Gasteiger partial charge on any atom is -0.381 e. The lowest BCUT2D eigenvalue weighted by atomic mass is 9.88. The van der Waals surface area contributed by atoms with Gasteiger partial charge in [0.25, 0.3) is 0 Å². The van der Waals surface area contributed by atoms with Crippen molar-refractivity contribution in [3.63, 3.8) is 0 Å². The summed E-state index contributed by atoms with van der Waals surface area (Å²) >= 11 is 0. The first kappa shape index (κ1) is 18.1. The third-order valence-electron chi connectivity index (χ3n) is 4.74. The van der Waals surface area contributed by atoms with E-state index in [1.807, 2.05) is 18.2 Å². The molecule has 0 saturated carbocycles. The number of hydrogen-bond donors (Lipinski definition) is 1. The van der Waals surface area contributed by atoms with Gasteiger partial charge >= 0.3 is 0 Å². The highest BCUT2D eigenvalue weighted by Crippen LogP contribution is 2.29. The SMILES string of the molecule is CC(C)S(=O)(=O)N[C@@H]1CCOC[C@@H]1c1ccc(-c2ccccc2)cc1. The van der Waals surface area contributed by atoms with Gasteiger partial charge in [0.15, 0.2) is 0 Å². The van der Waals surface area contributed by atoms with E-state index in [2.05, 4.69) is 41.1 Å². The molecule has 1 saturated heterocycles. The van der Waals surface area contributed by atoms with Crippen LogP contribution in [0.5, 0.6) is 0 Å². The van der Waals surface area contributed by atoms with Gasteiger partial charge in [-0.3, -0.25) is 0 Å². The van der Waals surface area contributed by atoms with E-state index in [9.17, 15) is 8.42 Å². The molecule has 3 rings (SSSR count). The van der Waals surface area contributed by atoms with Crippen LogP contribution in [0.25, 0.3) is 11.1 Å². The molecular formula is C20H25NO3S. The van der Waals surface area contributed by atoms with E-state index in [1.54, 1.807) is 13.8 Å². The van der Waals surface area contributed by atoms with Crippen molar-refractivity contribution >= 4 is 10.0 Å². The van der Waals surface area contributed by atoms with Gasteiger partial charge < -0.3 is 4.74 Å². The summed E-state index contributed by atoms with van der Waals surface area (Å²) in [4.78, 5) is 0. The zero-order chi connectivity index (χ0) is 17.9. The Kier molecular flexibility index (Phi) is 5.57. The first-order chi connectivity index (χ1) is 12.0. The van der Waals surface area contributed by atoms with Crippen molar-refractivity contribution in [1.82, 2.24) is 4.72 Å². The van der Waals surface area contributed by atoms with Gasteiger partial charge in [-0.25, -0.2) is 13.1 Å². The molecule has 0 amide bonds. The Morgan fingerprint density at radius 3 is 2.28 bits per heavy atom. The predicted molar refractivity (Wildman–Crippen MR) is 101 cm³/mol. The lowest BCUT2D eigenvalue weighted by Gasteiger charge is -2.33. The van der Waals surface area contributed by atoms with E-state index >= 15 is 0 Å². The summed E-state index contributed by atoms with van der Waals surface area (Å²) < 4.78 is 33.0.